The van der Waals surface area contributed by atoms with Crippen molar-refractivity contribution in [1.29, 1.82) is 0 Å². The Balaban J connectivity index is 2.19. The minimum Gasteiger partial charge on any atom is -0.442 e. The molecule has 0 heterocycles. The van der Waals surface area contributed by atoms with Crippen molar-refractivity contribution in [3.05, 3.63) is 59.7 Å². The van der Waals surface area contributed by atoms with E-state index in [-0.39, 0.29) is 10.6 Å². The van der Waals surface area contributed by atoms with Crippen molar-refractivity contribution < 1.29 is 17.9 Å². The van der Waals surface area contributed by atoms with Crippen molar-refractivity contribution in [3.63, 3.8) is 0 Å². The van der Waals surface area contributed by atoms with Crippen LogP contribution in [-0.2, 0) is 25.8 Å². The van der Waals surface area contributed by atoms with Gasteiger partial charge in [-0.25, -0.2) is 8.42 Å². The van der Waals surface area contributed by atoms with Gasteiger partial charge < -0.3 is 15.9 Å². The van der Waals surface area contributed by atoms with Crippen molar-refractivity contribution in [1.82, 2.24) is 0 Å². The predicted molar refractivity (Wildman–Crippen MR) is 105 cm³/mol. The van der Waals surface area contributed by atoms with E-state index in [1.807, 2.05) is 24.3 Å². The molecule has 0 saturated heterocycles. The fraction of sp³-hybridized carbons (Fsp3) is 0.263. The van der Waals surface area contributed by atoms with Gasteiger partial charge in [0.1, 0.15) is 0 Å². The van der Waals surface area contributed by atoms with Gasteiger partial charge in [0.15, 0.2) is 16.1 Å². The highest BCUT2D eigenvalue weighted by Crippen LogP contribution is 2.17. The highest BCUT2D eigenvalue weighted by molar-refractivity contribution is 7.91. The molecule has 0 aliphatic heterocycles. The molecule has 3 N–H and O–H groups in total. The van der Waals surface area contributed by atoms with Crippen LogP contribution in [0, 0.1) is 0 Å². The summed E-state index contributed by atoms with van der Waals surface area (Å²) in [5.41, 5.74) is 2.33. The fourth-order valence-electron chi connectivity index (χ4n) is 2.51. The van der Waals surface area contributed by atoms with Gasteiger partial charge in [-0.05, 0) is 35.4 Å². The van der Waals surface area contributed by atoms with Crippen LogP contribution in [0.1, 0.15) is 25.0 Å². The first-order chi connectivity index (χ1) is 12.8. The van der Waals surface area contributed by atoms with Crippen molar-refractivity contribution in [2.24, 2.45) is 10.9 Å². The zero-order chi connectivity index (χ0) is 19.9. The van der Waals surface area contributed by atoms with E-state index in [0.29, 0.717) is 6.42 Å². The van der Waals surface area contributed by atoms with Crippen LogP contribution in [0.5, 0.6) is 0 Å². The highest BCUT2D eigenvalue weighted by atomic mass is 32.2. The van der Waals surface area contributed by atoms with E-state index in [2.05, 4.69) is 10.4 Å². The summed E-state index contributed by atoms with van der Waals surface area (Å²) in [4.78, 5) is 11.7. The first-order valence-corrected chi connectivity index (χ1v) is 10.1. The molecular formula is C19H23N3O4S. The van der Waals surface area contributed by atoms with Crippen molar-refractivity contribution in [2.45, 2.75) is 31.4 Å². The molecule has 0 aliphatic carbocycles. The number of carbonyl (C=O) groups excluding carboxylic acids is 1. The van der Waals surface area contributed by atoms with Gasteiger partial charge in [0, 0.05) is 19.0 Å². The average molecular weight is 389 g/mol. The summed E-state index contributed by atoms with van der Waals surface area (Å²) in [5.74, 6) is 4.72. The monoisotopic (exact) mass is 389 g/mol. The summed E-state index contributed by atoms with van der Waals surface area (Å²) in [5, 5.41) is 6.59. The first-order valence-electron chi connectivity index (χ1n) is 8.43. The second-order valence-corrected chi connectivity index (χ2v) is 8.18. The third-order valence-electron chi connectivity index (χ3n) is 3.83. The van der Waals surface area contributed by atoms with Gasteiger partial charge in [-0.3, -0.25) is 4.79 Å². The second kappa shape index (κ2) is 9.18. The van der Waals surface area contributed by atoms with Crippen LogP contribution in [0.2, 0.25) is 0 Å². The Morgan fingerprint density at radius 1 is 1.26 bits per heavy atom. The Labute approximate surface area is 159 Å². The molecule has 0 aromatic heterocycles. The first kappa shape index (κ1) is 20.4. The number of esters is 1. The lowest BCUT2D eigenvalue weighted by Gasteiger charge is -2.20. The van der Waals surface area contributed by atoms with Crippen molar-refractivity contribution in [3.8, 4) is 0 Å². The molecule has 27 heavy (non-hydrogen) atoms. The van der Waals surface area contributed by atoms with E-state index in [1.54, 1.807) is 31.2 Å². The molecule has 0 radical (unpaired) electrons. The molecule has 0 aliphatic rings. The van der Waals surface area contributed by atoms with Gasteiger partial charge in [0.05, 0.1) is 16.9 Å². The van der Waals surface area contributed by atoms with Crippen LogP contribution in [0.4, 0.5) is 5.69 Å². The molecule has 0 fully saturated rings. The maximum absolute atomic E-state index is 12.1. The van der Waals surface area contributed by atoms with Gasteiger partial charge >= 0.3 is 5.97 Å². The molecule has 1 unspecified atom stereocenters. The maximum atomic E-state index is 12.1. The van der Waals surface area contributed by atoms with Gasteiger partial charge in [-0.1, -0.05) is 31.2 Å². The number of carbonyl (C=O) groups is 1. The van der Waals surface area contributed by atoms with Crippen LogP contribution in [-0.4, -0.2) is 32.6 Å². The van der Waals surface area contributed by atoms with Crippen LogP contribution in [0.15, 0.2) is 58.5 Å². The van der Waals surface area contributed by atoms with Crippen LogP contribution >= 0.6 is 0 Å². The summed E-state index contributed by atoms with van der Waals surface area (Å²) in [6.07, 6.45) is 1.20. The van der Waals surface area contributed by atoms with Crippen LogP contribution < -0.4 is 11.2 Å². The zero-order valence-corrected chi connectivity index (χ0v) is 16.1. The van der Waals surface area contributed by atoms with E-state index < -0.39 is 22.0 Å². The minimum absolute atomic E-state index is 0.0283. The molecule has 2 aromatic rings. The number of anilines is 1. The smallest absolute Gasteiger partial charge is 0.304 e. The third kappa shape index (κ3) is 6.10. The summed E-state index contributed by atoms with van der Waals surface area (Å²) in [6, 6.07) is 13.9. The molecule has 8 heteroatoms. The molecule has 2 rings (SSSR count). The highest BCUT2D eigenvalue weighted by Gasteiger charge is 2.16. The van der Waals surface area contributed by atoms with Crippen LogP contribution in [0.3, 0.4) is 0 Å². The number of sulfone groups is 1. The molecule has 0 saturated carbocycles. The summed E-state index contributed by atoms with van der Waals surface area (Å²) < 4.78 is 29.5. The number of hydrazone groups is 1. The number of benzene rings is 2. The molecule has 7 nitrogen and oxygen atoms in total. The lowest BCUT2D eigenvalue weighted by molar-refractivity contribution is -0.144. The Kier molecular flexibility index (Phi) is 6.95. The molecule has 1 atom stereocenters. The van der Waals surface area contributed by atoms with E-state index in [1.165, 1.54) is 13.1 Å². The topological polar surface area (TPSA) is 111 Å². The van der Waals surface area contributed by atoms with E-state index in [4.69, 9.17) is 10.6 Å². The molecular weight excluding hydrogens is 366 g/mol. The number of nitrogens with zero attached hydrogens (tertiary/aromatic N) is 1. The maximum Gasteiger partial charge on any atom is 0.304 e. The summed E-state index contributed by atoms with van der Waals surface area (Å²) in [7, 11) is -3.30. The van der Waals surface area contributed by atoms with Crippen molar-refractivity contribution >= 4 is 27.7 Å². The molecule has 144 valence electrons. The molecule has 0 spiro atoms. The largest absolute Gasteiger partial charge is 0.442 e. The quantitative estimate of drug-likeness (QED) is 0.236. The molecule has 0 bridgehead atoms. The minimum atomic E-state index is -3.30. The van der Waals surface area contributed by atoms with Gasteiger partial charge in [-0.15, -0.1) is 0 Å². The number of nitrogens with two attached hydrogens (primary N) is 1. The summed E-state index contributed by atoms with van der Waals surface area (Å²) >= 11 is 0. The Bertz CT molecular complexity index is 909. The Hall–Kier alpha value is -2.87. The number of rotatable bonds is 8. The van der Waals surface area contributed by atoms with E-state index in [9.17, 15) is 13.2 Å². The van der Waals surface area contributed by atoms with E-state index >= 15 is 0 Å². The SMILES string of the molecule is CCS(=O)(=O)c1cccc(CC(Nc2ccc(C=NN)cc2)OC(C)=O)c1. The number of hydrogen-bond acceptors (Lipinski definition) is 7. The Morgan fingerprint density at radius 3 is 2.56 bits per heavy atom. The van der Waals surface area contributed by atoms with E-state index in [0.717, 1.165) is 16.8 Å². The van der Waals surface area contributed by atoms with Crippen molar-refractivity contribution in [2.75, 3.05) is 11.1 Å². The van der Waals surface area contributed by atoms with Crippen LogP contribution in [0.25, 0.3) is 0 Å². The average Bonchev–Trinajstić information content (AvgIpc) is 2.63. The lowest BCUT2D eigenvalue weighted by atomic mass is 10.1. The number of nitrogens with one attached hydrogen (secondary N) is 1. The standard InChI is InChI=1S/C19H23N3O4S/c1-3-27(24,25)18-6-4-5-16(11-18)12-19(26-14(2)23)22-17-9-7-15(8-10-17)13-21-20/h4-11,13,19,22H,3,12,20H2,1-2H3. The van der Waals surface area contributed by atoms with Gasteiger partial charge in [0.25, 0.3) is 0 Å². The summed E-state index contributed by atoms with van der Waals surface area (Å²) in [6.45, 7) is 2.93. The molecule has 0 amide bonds. The zero-order valence-electron chi connectivity index (χ0n) is 15.3. The Morgan fingerprint density at radius 2 is 1.96 bits per heavy atom. The fourth-order valence-corrected chi connectivity index (χ4v) is 3.46. The van der Waals surface area contributed by atoms with Gasteiger partial charge in [0.2, 0.25) is 0 Å². The predicted octanol–water partition coefficient (Wildman–Crippen LogP) is 2.32. The number of hydrogen-bond donors (Lipinski definition) is 2. The third-order valence-corrected chi connectivity index (χ3v) is 5.56. The molecule has 2 aromatic carbocycles. The number of ether oxygens (including phenoxy) is 1. The lowest BCUT2D eigenvalue weighted by Crippen LogP contribution is -2.28. The second-order valence-electron chi connectivity index (χ2n) is 5.90. The normalized spacial score (nSPS) is 12.7. The van der Waals surface area contributed by atoms with Gasteiger partial charge in [-0.2, -0.15) is 5.10 Å².